The first kappa shape index (κ1) is 11.2. The summed E-state index contributed by atoms with van der Waals surface area (Å²) in [5.41, 5.74) is 1.75. The van der Waals surface area contributed by atoms with Crippen LogP contribution in [-0.2, 0) is 0 Å². The normalized spacial score (nSPS) is 9.88. The van der Waals surface area contributed by atoms with Crippen LogP contribution < -0.4 is 0 Å². The van der Waals surface area contributed by atoms with E-state index in [0.717, 1.165) is 16.9 Å². The standard InChI is InChI=1S/C11H7N3O2S/c1-7-11(14(15)16)17-10(13-7)9-4-2-8(6-12)3-5-9/h2-5H,1H3. The van der Waals surface area contributed by atoms with Crippen molar-refractivity contribution < 1.29 is 4.92 Å². The Morgan fingerprint density at radius 1 is 1.41 bits per heavy atom. The van der Waals surface area contributed by atoms with E-state index in [-0.39, 0.29) is 5.00 Å². The van der Waals surface area contributed by atoms with Crippen LogP contribution in [0.15, 0.2) is 24.3 Å². The first-order valence-electron chi connectivity index (χ1n) is 4.74. The van der Waals surface area contributed by atoms with Gasteiger partial charge in [0.05, 0.1) is 16.6 Å². The Morgan fingerprint density at radius 2 is 2.06 bits per heavy atom. The van der Waals surface area contributed by atoms with Gasteiger partial charge in [-0.2, -0.15) is 5.26 Å². The Hall–Kier alpha value is -2.26. The second-order valence-corrected chi connectivity index (χ2v) is 4.33. The van der Waals surface area contributed by atoms with Gasteiger partial charge in [0.25, 0.3) is 0 Å². The van der Waals surface area contributed by atoms with Crippen LogP contribution >= 0.6 is 11.3 Å². The Kier molecular flexibility index (Phi) is 2.85. The molecular weight excluding hydrogens is 238 g/mol. The van der Waals surface area contributed by atoms with Crippen molar-refractivity contribution in [1.29, 1.82) is 5.26 Å². The summed E-state index contributed by atoms with van der Waals surface area (Å²) in [6.07, 6.45) is 0. The van der Waals surface area contributed by atoms with E-state index < -0.39 is 4.92 Å². The number of aromatic nitrogens is 1. The van der Waals surface area contributed by atoms with E-state index in [9.17, 15) is 10.1 Å². The number of aryl methyl sites for hydroxylation is 1. The molecule has 6 heteroatoms. The number of hydrogen-bond donors (Lipinski definition) is 0. The van der Waals surface area contributed by atoms with Crippen LogP contribution in [-0.4, -0.2) is 9.91 Å². The van der Waals surface area contributed by atoms with E-state index in [1.54, 1.807) is 31.2 Å². The number of nitrogens with zero attached hydrogens (tertiary/aromatic N) is 3. The average Bonchev–Trinajstić information content (AvgIpc) is 2.71. The lowest BCUT2D eigenvalue weighted by Crippen LogP contribution is -1.85. The van der Waals surface area contributed by atoms with Crippen molar-refractivity contribution in [2.75, 3.05) is 0 Å². The van der Waals surface area contributed by atoms with Crippen LogP contribution in [0.5, 0.6) is 0 Å². The van der Waals surface area contributed by atoms with Gasteiger partial charge in [-0.15, -0.1) is 0 Å². The molecule has 5 nitrogen and oxygen atoms in total. The van der Waals surface area contributed by atoms with E-state index in [4.69, 9.17) is 5.26 Å². The molecule has 0 radical (unpaired) electrons. The van der Waals surface area contributed by atoms with Crippen LogP contribution in [0.3, 0.4) is 0 Å². The van der Waals surface area contributed by atoms with Crippen LogP contribution in [0.25, 0.3) is 10.6 Å². The fourth-order valence-electron chi connectivity index (χ4n) is 1.37. The molecule has 0 saturated heterocycles. The molecule has 0 aliphatic heterocycles. The number of nitro groups is 1. The second kappa shape index (κ2) is 4.31. The van der Waals surface area contributed by atoms with Gasteiger partial charge in [-0.05, 0) is 30.4 Å². The zero-order valence-corrected chi connectivity index (χ0v) is 9.69. The molecule has 0 atom stereocenters. The summed E-state index contributed by atoms with van der Waals surface area (Å²) in [5, 5.41) is 20.0. The molecule has 0 spiro atoms. The number of nitriles is 1. The van der Waals surface area contributed by atoms with Crippen molar-refractivity contribution in [3.63, 3.8) is 0 Å². The fourth-order valence-corrected chi connectivity index (χ4v) is 2.26. The summed E-state index contributed by atoms with van der Waals surface area (Å²) in [5.74, 6) is 0. The Morgan fingerprint density at radius 3 is 2.53 bits per heavy atom. The smallest absolute Gasteiger partial charge is 0.257 e. The van der Waals surface area contributed by atoms with Crippen LogP contribution in [0.1, 0.15) is 11.3 Å². The quantitative estimate of drug-likeness (QED) is 0.601. The predicted molar refractivity (Wildman–Crippen MR) is 63.7 cm³/mol. The van der Waals surface area contributed by atoms with Crippen LogP contribution in [0.2, 0.25) is 0 Å². The third kappa shape index (κ3) is 2.14. The summed E-state index contributed by atoms with van der Waals surface area (Å²) in [6, 6.07) is 8.82. The third-order valence-electron chi connectivity index (χ3n) is 2.20. The molecule has 2 aromatic rings. The largest absolute Gasteiger partial charge is 0.347 e. The zero-order valence-electron chi connectivity index (χ0n) is 8.88. The van der Waals surface area contributed by atoms with Gasteiger partial charge in [0.1, 0.15) is 10.7 Å². The number of thiazole rings is 1. The lowest BCUT2D eigenvalue weighted by molar-refractivity contribution is -0.380. The molecule has 0 unspecified atom stereocenters. The molecule has 0 fully saturated rings. The maximum absolute atomic E-state index is 10.7. The second-order valence-electron chi connectivity index (χ2n) is 3.36. The fraction of sp³-hybridized carbons (Fsp3) is 0.0909. The monoisotopic (exact) mass is 245 g/mol. The predicted octanol–water partition coefficient (Wildman–Crippen LogP) is 2.90. The molecule has 0 N–H and O–H groups in total. The molecular formula is C11H7N3O2S. The van der Waals surface area contributed by atoms with E-state index in [1.807, 2.05) is 6.07 Å². The zero-order chi connectivity index (χ0) is 12.4. The maximum atomic E-state index is 10.7. The SMILES string of the molecule is Cc1nc(-c2ccc(C#N)cc2)sc1[N+](=O)[O-]. The first-order valence-corrected chi connectivity index (χ1v) is 5.56. The van der Waals surface area contributed by atoms with Gasteiger partial charge in [0.2, 0.25) is 0 Å². The molecule has 0 saturated carbocycles. The van der Waals surface area contributed by atoms with Crippen molar-refractivity contribution in [2.24, 2.45) is 0 Å². The molecule has 84 valence electrons. The summed E-state index contributed by atoms with van der Waals surface area (Å²) in [7, 11) is 0. The summed E-state index contributed by atoms with van der Waals surface area (Å²) in [4.78, 5) is 14.4. The maximum Gasteiger partial charge on any atom is 0.347 e. The lowest BCUT2D eigenvalue weighted by atomic mass is 10.1. The summed E-state index contributed by atoms with van der Waals surface area (Å²) >= 11 is 1.04. The molecule has 0 aliphatic carbocycles. The highest BCUT2D eigenvalue weighted by molar-refractivity contribution is 7.18. The van der Waals surface area contributed by atoms with Crippen molar-refractivity contribution >= 4 is 16.3 Å². The third-order valence-corrected chi connectivity index (χ3v) is 3.36. The van der Waals surface area contributed by atoms with Crippen molar-refractivity contribution in [2.45, 2.75) is 6.92 Å². The van der Waals surface area contributed by atoms with Crippen molar-refractivity contribution in [3.05, 3.63) is 45.6 Å². The summed E-state index contributed by atoms with van der Waals surface area (Å²) < 4.78 is 0. The van der Waals surface area contributed by atoms with Gasteiger partial charge >= 0.3 is 5.00 Å². The van der Waals surface area contributed by atoms with Gasteiger partial charge in [-0.3, -0.25) is 10.1 Å². The number of hydrogen-bond acceptors (Lipinski definition) is 5. The van der Waals surface area contributed by atoms with Crippen molar-refractivity contribution in [1.82, 2.24) is 4.98 Å². The Balaban J connectivity index is 2.43. The highest BCUT2D eigenvalue weighted by Crippen LogP contribution is 2.33. The highest BCUT2D eigenvalue weighted by atomic mass is 32.1. The molecule has 2 rings (SSSR count). The topological polar surface area (TPSA) is 79.8 Å². The van der Waals surface area contributed by atoms with Gasteiger partial charge in [-0.25, -0.2) is 4.98 Å². The minimum absolute atomic E-state index is 0.0596. The Bertz CT molecular complexity index is 611. The van der Waals surface area contributed by atoms with Gasteiger partial charge in [0.15, 0.2) is 0 Å². The molecule has 1 heterocycles. The summed E-state index contributed by atoms with van der Waals surface area (Å²) in [6.45, 7) is 1.61. The van der Waals surface area contributed by atoms with Gasteiger partial charge in [0, 0.05) is 5.56 Å². The van der Waals surface area contributed by atoms with E-state index in [1.165, 1.54) is 0 Å². The van der Waals surface area contributed by atoms with E-state index in [2.05, 4.69) is 4.98 Å². The number of benzene rings is 1. The number of rotatable bonds is 2. The highest BCUT2D eigenvalue weighted by Gasteiger charge is 2.18. The molecule has 0 bridgehead atoms. The van der Waals surface area contributed by atoms with Crippen molar-refractivity contribution in [3.8, 4) is 16.6 Å². The molecule has 1 aromatic carbocycles. The average molecular weight is 245 g/mol. The first-order chi connectivity index (χ1) is 8.11. The molecule has 0 aliphatic rings. The molecule has 0 amide bonds. The molecule has 1 aromatic heterocycles. The van der Waals surface area contributed by atoms with E-state index in [0.29, 0.717) is 16.3 Å². The minimum atomic E-state index is -0.430. The van der Waals surface area contributed by atoms with Gasteiger partial charge < -0.3 is 0 Å². The van der Waals surface area contributed by atoms with Gasteiger partial charge in [-0.1, -0.05) is 12.1 Å². The van der Waals surface area contributed by atoms with Crippen LogP contribution in [0.4, 0.5) is 5.00 Å². The van der Waals surface area contributed by atoms with E-state index >= 15 is 0 Å². The lowest BCUT2D eigenvalue weighted by Gasteiger charge is -1.94. The Labute approximate surface area is 101 Å². The molecule has 17 heavy (non-hydrogen) atoms. The van der Waals surface area contributed by atoms with Crippen LogP contribution in [0, 0.1) is 28.4 Å². The minimum Gasteiger partial charge on any atom is -0.257 e.